The predicted molar refractivity (Wildman–Crippen MR) is 33.5 cm³/mol. The molecule has 0 heterocycles. The van der Waals surface area contributed by atoms with Crippen LogP contribution in [0.25, 0.3) is 0 Å². The molecule has 0 rings (SSSR count). The summed E-state index contributed by atoms with van der Waals surface area (Å²) in [6, 6.07) is 0. The van der Waals surface area contributed by atoms with Crippen molar-refractivity contribution in [2.75, 3.05) is 13.2 Å². The van der Waals surface area contributed by atoms with Crippen molar-refractivity contribution in [3.8, 4) is 0 Å². The van der Waals surface area contributed by atoms with Crippen molar-refractivity contribution >= 4 is 0 Å². The molecular weight excluding hydrogens is 188 g/mol. The van der Waals surface area contributed by atoms with Gasteiger partial charge in [0.15, 0.2) is 0 Å². The zero-order valence-electron chi connectivity index (χ0n) is 6.45. The molecule has 11 heavy (non-hydrogen) atoms. The Labute approximate surface area is 77.9 Å². The summed E-state index contributed by atoms with van der Waals surface area (Å²) in [5, 5.41) is 15.3. The first-order valence-electron chi connectivity index (χ1n) is 2.85. The molecule has 0 aliphatic heterocycles. The second kappa shape index (κ2) is 31.6. The van der Waals surface area contributed by atoms with Crippen molar-refractivity contribution in [3.05, 3.63) is 6.92 Å². The molecule has 6 heteroatoms. The summed E-state index contributed by atoms with van der Waals surface area (Å²) in [5.41, 5.74) is 0. The van der Waals surface area contributed by atoms with Gasteiger partial charge in [-0.25, -0.2) is 9.78 Å². The number of hydrogen-bond donors (Lipinski definition) is 2. The molecule has 0 amide bonds. The van der Waals surface area contributed by atoms with E-state index in [-0.39, 0.29) is 13.2 Å². The van der Waals surface area contributed by atoms with Gasteiger partial charge in [0.05, 0.1) is 13.2 Å². The molecule has 0 spiro atoms. The van der Waals surface area contributed by atoms with Gasteiger partial charge in [-0.2, -0.15) is 6.92 Å². The normalized spacial score (nSPS) is 7.09. The first kappa shape index (κ1) is 17.4. The van der Waals surface area contributed by atoms with E-state index in [1.54, 1.807) is 6.92 Å². The van der Waals surface area contributed by atoms with E-state index in [1.165, 1.54) is 0 Å². The van der Waals surface area contributed by atoms with E-state index < -0.39 is 0 Å². The Bertz CT molecular complexity index is 41.9. The van der Waals surface area contributed by atoms with Crippen LogP contribution in [0.2, 0.25) is 0 Å². The van der Waals surface area contributed by atoms with E-state index in [2.05, 4.69) is 16.7 Å². The summed E-state index contributed by atoms with van der Waals surface area (Å²) in [7, 11) is 0. The van der Waals surface area contributed by atoms with Crippen LogP contribution < -0.4 is 0 Å². The van der Waals surface area contributed by atoms with E-state index in [4.69, 9.17) is 13.8 Å². The zero-order chi connectivity index (χ0) is 9.54. The van der Waals surface area contributed by atoms with Gasteiger partial charge in [-0.3, -0.25) is 10.5 Å². The summed E-state index contributed by atoms with van der Waals surface area (Å²) in [6.07, 6.45) is 0.493. The molecule has 0 aliphatic carbocycles. The zero-order valence-corrected chi connectivity index (χ0v) is 8.01. The van der Waals surface area contributed by atoms with Gasteiger partial charge in [-0.15, -0.1) is 0 Å². The van der Waals surface area contributed by atoms with Gasteiger partial charge in [-0.1, -0.05) is 0 Å². The van der Waals surface area contributed by atoms with Crippen LogP contribution in [0.15, 0.2) is 0 Å². The Morgan fingerprint density at radius 1 is 1.18 bits per heavy atom. The van der Waals surface area contributed by atoms with E-state index in [9.17, 15) is 0 Å². The summed E-state index contributed by atoms with van der Waals surface area (Å²) >= 11 is 0.750. The Kier molecular flexibility index (Phi) is 50.1. The SMILES string of the molecule is OOCCCOO.[CH2-]C.[O]=[Ti+]. The molecule has 0 saturated heterocycles. The van der Waals surface area contributed by atoms with Crippen LogP contribution in [0.5, 0.6) is 0 Å². The van der Waals surface area contributed by atoms with Gasteiger partial charge in [0.2, 0.25) is 0 Å². The van der Waals surface area contributed by atoms with Crippen LogP contribution in [0, 0.1) is 6.92 Å². The van der Waals surface area contributed by atoms with E-state index in [0.717, 1.165) is 20.4 Å². The molecule has 0 aromatic rings. The van der Waals surface area contributed by atoms with E-state index in [1.807, 2.05) is 0 Å². The van der Waals surface area contributed by atoms with Gasteiger partial charge in [-0.05, 0) is 0 Å². The second-order valence-corrected chi connectivity index (χ2v) is 1.02. The second-order valence-electron chi connectivity index (χ2n) is 1.02. The average Bonchev–Trinajstić information content (AvgIpc) is 2.13. The Morgan fingerprint density at radius 3 is 1.64 bits per heavy atom. The molecule has 67 valence electrons. The molecular formula is C5H13O5Ti. The fourth-order valence-corrected chi connectivity index (χ4v) is 0.188. The van der Waals surface area contributed by atoms with Gasteiger partial charge in [0, 0.05) is 6.42 Å². The van der Waals surface area contributed by atoms with E-state index in [0.29, 0.717) is 6.42 Å². The van der Waals surface area contributed by atoms with Crippen molar-refractivity contribution in [2.24, 2.45) is 0 Å². The molecule has 0 aromatic carbocycles. The summed E-state index contributed by atoms with van der Waals surface area (Å²) < 4.78 is 8.25. The van der Waals surface area contributed by atoms with Crippen LogP contribution in [0.3, 0.4) is 0 Å². The molecule has 0 aliphatic rings. The third-order valence-corrected chi connectivity index (χ3v) is 0.471. The molecule has 0 atom stereocenters. The Balaban J connectivity index is -0.000000138. The topological polar surface area (TPSA) is 76.0 Å². The standard InChI is InChI=1S/C3H8O4.C2H5.O.Ti/c4-6-2-1-3-7-5;1-2;;/h4-5H,1-3H2;1H2,2H3;;/q;-1;;+1. The third-order valence-electron chi connectivity index (χ3n) is 0.471. The molecule has 2 N–H and O–H groups in total. The van der Waals surface area contributed by atoms with Crippen LogP contribution >= 0.6 is 0 Å². The summed E-state index contributed by atoms with van der Waals surface area (Å²) in [5.74, 6) is 0. The van der Waals surface area contributed by atoms with Crippen molar-refractivity contribution in [1.29, 1.82) is 0 Å². The Morgan fingerprint density at radius 2 is 1.45 bits per heavy atom. The molecule has 0 aromatic heterocycles. The van der Waals surface area contributed by atoms with E-state index >= 15 is 0 Å². The maximum absolute atomic E-state index is 8.25. The molecule has 0 fully saturated rings. The fraction of sp³-hybridized carbons (Fsp3) is 0.800. The predicted octanol–water partition coefficient (Wildman–Crippen LogP) is 1.07. The molecule has 0 saturated carbocycles. The third kappa shape index (κ3) is 38.1. The van der Waals surface area contributed by atoms with Crippen molar-refractivity contribution in [3.63, 3.8) is 0 Å². The molecule has 0 unspecified atom stereocenters. The minimum absolute atomic E-state index is 0.195. The number of rotatable bonds is 4. The van der Waals surface area contributed by atoms with Crippen LogP contribution in [0.4, 0.5) is 0 Å². The quantitative estimate of drug-likeness (QED) is 0.234. The summed E-state index contributed by atoms with van der Waals surface area (Å²) in [4.78, 5) is 7.31. The monoisotopic (exact) mass is 201 g/mol. The Hall–Kier alpha value is 0.354. The van der Waals surface area contributed by atoms with Crippen LogP contribution in [-0.4, -0.2) is 23.7 Å². The molecule has 5 nitrogen and oxygen atoms in total. The van der Waals surface area contributed by atoms with Crippen molar-refractivity contribution in [2.45, 2.75) is 13.3 Å². The average molecular weight is 201 g/mol. The van der Waals surface area contributed by atoms with Gasteiger partial charge < -0.3 is 6.92 Å². The number of hydrogen-bond acceptors (Lipinski definition) is 5. The fourth-order valence-electron chi connectivity index (χ4n) is 0.188. The van der Waals surface area contributed by atoms with Crippen LogP contribution in [0.1, 0.15) is 13.3 Å². The summed E-state index contributed by atoms with van der Waals surface area (Å²) in [6.45, 7) is 5.39. The maximum atomic E-state index is 8.25. The van der Waals surface area contributed by atoms with Crippen LogP contribution in [-0.2, 0) is 33.5 Å². The first-order chi connectivity index (χ1) is 5.41. The van der Waals surface area contributed by atoms with Crippen molar-refractivity contribution < 1.29 is 44.0 Å². The van der Waals surface area contributed by atoms with Crippen molar-refractivity contribution in [1.82, 2.24) is 0 Å². The molecule has 0 bridgehead atoms. The molecule has 0 radical (unpaired) electrons. The van der Waals surface area contributed by atoms with Gasteiger partial charge in [0.1, 0.15) is 0 Å². The first-order valence-corrected chi connectivity index (χ1v) is 3.49. The minimum atomic E-state index is 0.195. The van der Waals surface area contributed by atoms with Gasteiger partial charge >= 0.3 is 23.7 Å². The van der Waals surface area contributed by atoms with Gasteiger partial charge in [0.25, 0.3) is 0 Å².